The SMILES string of the molecule is COc1ccccc1NC(=O)CNC(=O)Cc1ccccc1C. The van der Waals surface area contributed by atoms with Crippen molar-refractivity contribution >= 4 is 17.5 Å². The van der Waals surface area contributed by atoms with Crippen molar-refractivity contribution in [3.05, 3.63) is 59.7 Å². The summed E-state index contributed by atoms with van der Waals surface area (Å²) in [6.45, 7) is 1.87. The molecule has 2 aromatic carbocycles. The Morgan fingerprint density at radius 1 is 1.00 bits per heavy atom. The van der Waals surface area contributed by atoms with Crippen LogP contribution in [0, 0.1) is 6.92 Å². The third-order valence-electron chi connectivity index (χ3n) is 3.44. The van der Waals surface area contributed by atoms with E-state index in [-0.39, 0.29) is 24.8 Å². The molecule has 2 amide bonds. The molecule has 2 rings (SSSR count). The van der Waals surface area contributed by atoms with Crippen molar-refractivity contribution in [2.75, 3.05) is 19.0 Å². The molecular weight excluding hydrogens is 292 g/mol. The van der Waals surface area contributed by atoms with Crippen LogP contribution in [0.4, 0.5) is 5.69 Å². The Bertz CT molecular complexity index is 698. The molecular formula is C18H20N2O3. The third-order valence-corrected chi connectivity index (χ3v) is 3.44. The molecule has 0 aromatic heterocycles. The normalized spacial score (nSPS) is 10.0. The monoisotopic (exact) mass is 312 g/mol. The fraction of sp³-hybridized carbons (Fsp3) is 0.222. The minimum Gasteiger partial charge on any atom is -0.495 e. The van der Waals surface area contributed by atoms with Crippen LogP contribution in [0.1, 0.15) is 11.1 Å². The van der Waals surface area contributed by atoms with E-state index in [0.29, 0.717) is 11.4 Å². The van der Waals surface area contributed by atoms with E-state index in [1.165, 1.54) is 7.11 Å². The summed E-state index contributed by atoms with van der Waals surface area (Å²) in [5.41, 5.74) is 2.59. The van der Waals surface area contributed by atoms with E-state index >= 15 is 0 Å². The van der Waals surface area contributed by atoms with Gasteiger partial charge in [-0.1, -0.05) is 36.4 Å². The number of hydrogen-bond donors (Lipinski definition) is 2. The molecule has 0 aliphatic heterocycles. The number of benzene rings is 2. The Kier molecular flexibility index (Phi) is 5.74. The molecule has 0 radical (unpaired) electrons. The average molecular weight is 312 g/mol. The summed E-state index contributed by atoms with van der Waals surface area (Å²) in [5.74, 6) is 0.0918. The van der Waals surface area contributed by atoms with Gasteiger partial charge in [0.05, 0.1) is 25.8 Å². The number of carbonyl (C=O) groups is 2. The minimum absolute atomic E-state index is 0.0806. The topological polar surface area (TPSA) is 67.4 Å². The van der Waals surface area contributed by atoms with Crippen LogP contribution in [0.25, 0.3) is 0 Å². The zero-order valence-electron chi connectivity index (χ0n) is 13.3. The summed E-state index contributed by atoms with van der Waals surface area (Å²) in [6.07, 6.45) is 0.259. The first-order chi connectivity index (χ1) is 11.1. The van der Waals surface area contributed by atoms with E-state index in [9.17, 15) is 9.59 Å². The van der Waals surface area contributed by atoms with Gasteiger partial charge in [0.2, 0.25) is 11.8 Å². The standard InChI is InChI=1S/C18H20N2O3/c1-13-7-3-4-8-14(13)11-17(21)19-12-18(22)20-15-9-5-6-10-16(15)23-2/h3-10H,11-12H2,1-2H3,(H,19,21)(H,20,22). The van der Waals surface area contributed by atoms with Crippen LogP contribution in [-0.4, -0.2) is 25.5 Å². The first-order valence-electron chi connectivity index (χ1n) is 7.34. The average Bonchev–Trinajstić information content (AvgIpc) is 2.55. The fourth-order valence-electron chi connectivity index (χ4n) is 2.17. The predicted octanol–water partition coefficient (Wildman–Crippen LogP) is 2.30. The zero-order chi connectivity index (χ0) is 16.7. The highest BCUT2D eigenvalue weighted by atomic mass is 16.5. The van der Waals surface area contributed by atoms with Gasteiger partial charge in [0.25, 0.3) is 0 Å². The number of rotatable bonds is 6. The van der Waals surface area contributed by atoms with Gasteiger partial charge in [0, 0.05) is 0 Å². The minimum atomic E-state index is -0.298. The molecule has 0 heterocycles. The first-order valence-corrected chi connectivity index (χ1v) is 7.34. The molecule has 0 spiro atoms. The van der Waals surface area contributed by atoms with Gasteiger partial charge in [-0.3, -0.25) is 9.59 Å². The molecule has 0 saturated heterocycles. The highest BCUT2D eigenvalue weighted by Gasteiger charge is 2.10. The number of ether oxygens (including phenoxy) is 1. The fourth-order valence-corrected chi connectivity index (χ4v) is 2.17. The molecule has 0 saturated carbocycles. The maximum absolute atomic E-state index is 11.9. The van der Waals surface area contributed by atoms with Crippen molar-refractivity contribution in [1.29, 1.82) is 0 Å². The summed E-state index contributed by atoms with van der Waals surface area (Å²) < 4.78 is 5.16. The summed E-state index contributed by atoms with van der Waals surface area (Å²) in [5, 5.41) is 5.34. The highest BCUT2D eigenvalue weighted by Crippen LogP contribution is 2.22. The van der Waals surface area contributed by atoms with E-state index in [1.54, 1.807) is 18.2 Å². The van der Waals surface area contributed by atoms with Crippen LogP contribution in [0.3, 0.4) is 0 Å². The Labute approximate surface area is 135 Å². The molecule has 2 aromatic rings. The van der Waals surface area contributed by atoms with Gasteiger partial charge in [-0.2, -0.15) is 0 Å². The van der Waals surface area contributed by atoms with Crippen molar-refractivity contribution in [3.8, 4) is 5.75 Å². The number of methoxy groups -OCH3 is 1. The third kappa shape index (κ3) is 4.85. The molecule has 0 unspecified atom stereocenters. The van der Waals surface area contributed by atoms with Crippen LogP contribution < -0.4 is 15.4 Å². The maximum atomic E-state index is 11.9. The second-order valence-corrected chi connectivity index (χ2v) is 5.13. The molecule has 5 nitrogen and oxygen atoms in total. The van der Waals surface area contributed by atoms with Crippen molar-refractivity contribution in [1.82, 2.24) is 5.32 Å². The van der Waals surface area contributed by atoms with Gasteiger partial charge in [-0.25, -0.2) is 0 Å². The number of carbonyl (C=O) groups excluding carboxylic acids is 2. The van der Waals surface area contributed by atoms with Crippen molar-refractivity contribution in [2.24, 2.45) is 0 Å². The first kappa shape index (κ1) is 16.5. The lowest BCUT2D eigenvalue weighted by Gasteiger charge is -2.10. The Balaban J connectivity index is 1.84. The summed E-state index contributed by atoms with van der Waals surface area (Å²) in [6, 6.07) is 14.8. The second-order valence-electron chi connectivity index (χ2n) is 5.13. The number of para-hydroxylation sites is 2. The number of hydrogen-bond acceptors (Lipinski definition) is 3. The van der Waals surface area contributed by atoms with E-state index in [2.05, 4.69) is 10.6 Å². The Morgan fingerprint density at radius 2 is 1.70 bits per heavy atom. The van der Waals surface area contributed by atoms with Crippen molar-refractivity contribution < 1.29 is 14.3 Å². The van der Waals surface area contributed by atoms with Gasteiger partial charge < -0.3 is 15.4 Å². The Hall–Kier alpha value is -2.82. The quantitative estimate of drug-likeness (QED) is 0.860. The van der Waals surface area contributed by atoms with Gasteiger partial charge in [-0.05, 0) is 30.2 Å². The predicted molar refractivity (Wildman–Crippen MR) is 89.5 cm³/mol. The molecule has 0 bridgehead atoms. The number of nitrogens with one attached hydrogen (secondary N) is 2. The van der Waals surface area contributed by atoms with Crippen LogP contribution in [0.5, 0.6) is 5.75 Å². The summed E-state index contributed by atoms with van der Waals surface area (Å²) >= 11 is 0. The van der Waals surface area contributed by atoms with Crippen LogP contribution in [0.2, 0.25) is 0 Å². The lowest BCUT2D eigenvalue weighted by atomic mass is 10.1. The summed E-state index contributed by atoms with van der Waals surface area (Å²) in [4.78, 5) is 23.9. The second kappa shape index (κ2) is 7.98. The molecule has 0 aliphatic rings. The summed E-state index contributed by atoms with van der Waals surface area (Å²) in [7, 11) is 1.54. The van der Waals surface area contributed by atoms with Gasteiger partial charge in [0.1, 0.15) is 5.75 Å². The molecule has 0 atom stereocenters. The van der Waals surface area contributed by atoms with Gasteiger partial charge in [0.15, 0.2) is 0 Å². The number of anilines is 1. The van der Waals surface area contributed by atoms with Crippen LogP contribution in [-0.2, 0) is 16.0 Å². The Morgan fingerprint density at radius 3 is 2.43 bits per heavy atom. The molecule has 0 aliphatic carbocycles. The molecule has 2 N–H and O–H groups in total. The van der Waals surface area contributed by atoms with E-state index in [0.717, 1.165) is 11.1 Å². The van der Waals surface area contributed by atoms with Crippen molar-refractivity contribution in [3.63, 3.8) is 0 Å². The van der Waals surface area contributed by atoms with Gasteiger partial charge in [-0.15, -0.1) is 0 Å². The van der Waals surface area contributed by atoms with Crippen molar-refractivity contribution in [2.45, 2.75) is 13.3 Å². The number of aryl methyl sites for hydroxylation is 1. The van der Waals surface area contributed by atoms with E-state index < -0.39 is 0 Å². The highest BCUT2D eigenvalue weighted by molar-refractivity contribution is 5.95. The van der Waals surface area contributed by atoms with E-state index in [1.807, 2.05) is 37.3 Å². The molecule has 23 heavy (non-hydrogen) atoms. The lowest BCUT2D eigenvalue weighted by molar-refractivity contribution is -0.123. The molecule has 5 heteroatoms. The smallest absolute Gasteiger partial charge is 0.243 e. The lowest BCUT2D eigenvalue weighted by Crippen LogP contribution is -2.33. The van der Waals surface area contributed by atoms with Crippen LogP contribution >= 0.6 is 0 Å². The number of amides is 2. The molecule has 120 valence electrons. The van der Waals surface area contributed by atoms with E-state index in [4.69, 9.17) is 4.74 Å². The van der Waals surface area contributed by atoms with Gasteiger partial charge >= 0.3 is 0 Å². The largest absolute Gasteiger partial charge is 0.495 e. The van der Waals surface area contributed by atoms with Crippen LogP contribution in [0.15, 0.2) is 48.5 Å². The zero-order valence-corrected chi connectivity index (χ0v) is 13.3. The molecule has 0 fully saturated rings. The maximum Gasteiger partial charge on any atom is 0.243 e.